The Labute approximate surface area is 104 Å². The van der Waals surface area contributed by atoms with Crippen molar-refractivity contribution in [3.63, 3.8) is 0 Å². The van der Waals surface area contributed by atoms with Crippen molar-refractivity contribution >= 4 is 17.4 Å². The number of carbonyl (C=O) groups is 1. The van der Waals surface area contributed by atoms with Gasteiger partial charge in [-0.15, -0.1) is 0 Å². The van der Waals surface area contributed by atoms with Crippen LogP contribution in [0.5, 0.6) is 5.75 Å². The van der Waals surface area contributed by atoms with Crippen molar-refractivity contribution in [2.75, 3.05) is 6.61 Å². The second-order valence-corrected chi connectivity index (χ2v) is 3.74. The van der Waals surface area contributed by atoms with Gasteiger partial charge < -0.3 is 9.15 Å². The standard InChI is InChI=1S/C13H11ClO3/c1-2-16-10-5-3-4-9(8-10)12(15)11-6-7-17-13(11)14/h3-8H,2H2,1H3. The lowest BCUT2D eigenvalue weighted by Gasteiger charge is -2.04. The van der Waals surface area contributed by atoms with Crippen molar-refractivity contribution in [1.82, 2.24) is 0 Å². The number of rotatable bonds is 4. The molecule has 0 aliphatic heterocycles. The van der Waals surface area contributed by atoms with E-state index in [4.69, 9.17) is 20.8 Å². The Balaban J connectivity index is 2.31. The Morgan fingerprint density at radius 1 is 1.41 bits per heavy atom. The van der Waals surface area contributed by atoms with E-state index in [1.807, 2.05) is 6.92 Å². The molecule has 2 aromatic rings. The molecule has 88 valence electrons. The molecule has 0 N–H and O–H groups in total. The Morgan fingerprint density at radius 3 is 2.88 bits per heavy atom. The van der Waals surface area contributed by atoms with Crippen molar-refractivity contribution in [1.29, 1.82) is 0 Å². The van der Waals surface area contributed by atoms with E-state index in [0.717, 1.165) is 0 Å². The quantitative estimate of drug-likeness (QED) is 0.779. The maximum absolute atomic E-state index is 12.1. The Kier molecular flexibility index (Phi) is 3.49. The molecule has 0 atom stereocenters. The summed E-state index contributed by atoms with van der Waals surface area (Å²) in [6.07, 6.45) is 1.39. The molecule has 0 aliphatic carbocycles. The smallest absolute Gasteiger partial charge is 0.204 e. The normalized spacial score (nSPS) is 10.2. The second-order valence-electron chi connectivity index (χ2n) is 3.40. The number of carbonyl (C=O) groups excluding carboxylic acids is 1. The van der Waals surface area contributed by atoms with Gasteiger partial charge in [-0.25, -0.2) is 0 Å². The van der Waals surface area contributed by atoms with Gasteiger partial charge in [-0.2, -0.15) is 0 Å². The van der Waals surface area contributed by atoms with Gasteiger partial charge in [0.05, 0.1) is 18.4 Å². The zero-order chi connectivity index (χ0) is 12.3. The van der Waals surface area contributed by atoms with Crippen molar-refractivity contribution in [2.45, 2.75) is 6.92 Å². The molecular formula is C13H11ClO3. The van der Waals surface area contributed by atoms with Crippen LogP contribution in [-0.2, 0) is 0 Å². The van der Waals surface area contributed by atoms with E-state index in [-0.39, 0.29) is 11.0 Å². The Morgan fingerprint density at radius 2 is 2.24 bits per heavy atom. The van der Waals surface area contributed by atoms with Gasteiger partial charge in [-0.3, -0.25) is 4.79 Å². The monoisotopic (exact) mass is 250 g/mol. The van der Waals surface area contributed by atoms with Crippen LogP contribution in [0.25, 0.3) is 0 Å². The minimum Gasteiger partial charge on any atom is -0.494 e. The number of furan rings is 1. The molecular weight excluding hydrogens is 240 g/mol. The van der Waals surface area contributed by atoms with Crippen LogP contribution in [0.4, 0.5) is 0 Å². The van der Waals surface area contributed by atoms with E-state index in [1.54, 1.807) is 30.3 Å². The van der Waals surface area contributed by atoms with E-state index in [9.17, 15) is 4.79 Å². The number of hydrogen-bond acceptors (Lipinski definition) is 3. The fourth-order valence-corrected chi connectivity index (χ4v) is 1.71. The highest BCUT2D eigenvalue weighted by molar-refractivity contribution is 6.33. The lowest BCUT2D eigenvalue weighted by molar-refractivity contribution is 0.103. The number of halogens is 1. The van der Waals surface area contributed by atoms with Crippen LogP contribution in [0, 0.1) is 0 Å². The third-order valence-electron chi connectivity index (χ3n) is 2.27. The molecule has 0 saturated carbocycles. The molecule has 0 bridgehead atoms. The molecule has 0 radical (unpaired) electrons. The predicted molar refractivity (Wildman–Crippen MR) is 64.8 cm³/mol. The summed E-state index contributed by atoms with van der Waals surface area (Å²) in [7, 11) is 0. The van der Waals surface area contributed by atoms with Crippen LogP contribution < -0.4 is 4.74 Å². The average molecular weight is 251 g/mol. The Bertz CT molecular complexity index is 531. The van der Waals surface area contributed by atoms with E-state index in [2.05, 4.69) is 0 Å². The van der Waals surface area contributed by atoms with Gasteiger partial charge in [-0.1, -0.05) is 12.1 Å². The summed E-state index contributed by atoms with van der Waals surface area (Å²) in [5.74, 6) is 0.489. The van der Waals surface area contributed by atoms with Crippen molar-refractivity contribution in [2.24, 2.45) is 0 Å². The first-order valence-corrected chi connectivity index (χ1v) is 5.60. The first kappa shape index (κ1) is 11.7. The van der Waals surface area contributed by atoms with Crippen LogP contribution in [0.15, 0.2) is 41.0 Å². The molecule has 17 heavy (non-hydrogen) atoms. The third-order valence-corrected chi connectivity index (χ3v) is 2.56. The summed E-state index contributed by atoms with van der Waals surface area (Å²) in [6, 6.07) is 8.53. The predicted octanol–water partition coefficient (Wildman–Crippen LogP) is 3.56. The van der Waals surface area contributed by atoms with Crippen LogP contribution in [-0.4, -0.2) is 12.4 Å². The maximum Gasteiger partial charge on any atom is 0.204 e. The van der Waals surface area contributed by atoms with Crippen LogP contribution in [0.1, 0.15) is 22.8 Å². The summed E-state index contributed by atoms with van der Waals surface area (Å²) in [5, 5.41) is 0.108. The SMILES string of the molecule is CCOc1cccc(C(=O)c2ccoc2Cl)c1. The summed E-state index contributed by atoms with van der Waals surface area (Å²) in [5.41, 5.74) is 0.888. The number of ether oxygens (including phenoxy) is 1. The van der Waals surface area contributed by atoms with Crippen LogP contribution in [0.3, 0.4) is 0 Å². The molecule has 1 heterocycles. The maximum atomic E-state index is 12.1. The summed E-state index contributed by atoms with van der Waals surface area (Å²) in [4.78, 5) is 12.1. The van der Waals surface area contributed by atoms with E-state index in [0.29, 0.717) is 23.5 Å². The van der Waals surface area contributed by atoms with Gasteiger partial charge in [0.15, 0.2) is 5.78 Å². The fraction of sp³-hybridized carbons (Fsp3) is 0.154. The topological polar surface area (TPSA) is 39.4 Å². The molecule has 1 aromatic carbocycles. The van der Waals surface area contributed by atoms with Gasteiger partial charge in [-0.05, 0) is 36.7 Å². The van der Waals surface area contributed by atoms with Crippen molar-refractivity contribution < 1.29 is 13.9 Å². The lowest BCUT2D eigenvalue weighted by Crippen LogP contribution is -2.01. The molecule has 0 saturated heterocycles. The van der Waals surface area contributed by atoms with Gasteiger partial charge in [0.1, 0.15) is 5.75 Å². The van der Waals surface area contributed by atoms with Crippen LogP contribution in [0.2, 0.25) is 5.22 Å². The largest absolute Gasteiger partial charge is 0.494 e. The number of hydrogen-bond donors (Lipinski definition) is 0. The lowest BCUT2D eigenvalue weighted by atomic mass is 10.1. The molecule has 4 heteroatoms. The highest BCUT2D eigenvalue weighted by Crippen LogP contribution is 2.22. The zero-order valence-corrected chi connectivity index (χ0v) is 10.0. The number of ketones is 1. The molecule has 0 fully saturated rings. The Hall–Kier alpha value is -1.74. The minimum atomic E-state index is -0.176. The molecule has 3 nitrogen and oxygen atoms in total. The first-order chi connectivity index (χ1) is 8.22. The molecule has 1 aromatic heterocycles. The van der Waals surface area contributed by atoms with Crippen molar-refractivity contribution in [3.8, 4) is 5.75 Å². The second kappa shape index (κ2) is 5.06. The van der Waals surface area contributed by atoms with E-state index >= 15 is 0 Å². The van der Waals surface area contributed by atoms with Crippen LogP contribution >= 0.6 is 11.6 Å². The highest BCUT2D eigenvalue weighted by Gasteiger charge is 2.15. The highest BCUT2D eigenvalue weighted by atomic mass is 35.5. The third kappa shape index (κ3) is 2.50. The average Bonchev–Trinajstić information content (AvgIpc) is 2.75. The van der Waals surface area contributed by atoms with Gasteiger partial charge in [0.2, 0.25) is 5.22 Å². The molecule has 2 rings (SSSR count). The minimum absolute atomic E-state index is 0.108. The zero-order valence-electron chi connectivity index (χ0n) is 9.27. The van der Waals surface area contributed by atoms with Gasteiger partial charge >= 0.3 is 0 Å². The molecule has 0 amide bonds. The van der Waals surface area contributed by atoms with E-state index < -0.39 is 0 Å². The molecule has 0 aliphatic rings. The number of benzene rings is 1. The first-order valence-electron chi connectivity index (χ1n) is 5.23. The summed E-state index contributed by atoms with van der Waals surface area (Å²) in [6.45, 7) is 2.45. The fourth-order valence-electron chi connectivity index (χ4n) is 1.51. The summed E-state index contributed by atoms with van der Waals surface area (Å²) < 4.78 is 10.2. The van der Waals surface area contributed by atoms with Crippen molar-refractivity contribution in [3.05, 3.63) is 52.9 Å². The van der Waals surface area contributed by atoms with E-state index in [1.165, 1.54) is 6.26 Å². The van der Waals surface area contributed by atoms with Gasteiger partial charge in [0.25, 0.3) is 0 Å². The molecule has 0 spiro atoms. The molecule has 0 unspecified atom stereocenters. The summed E-state index contributed by atoms with van der Waals surface area (Å²) >= 11 is 5.77. The van der Waals surface area contributed by atoms with Gasteiger partial charge in [0, 0.05) is 5.56 Å².